The van der Waals surface area contributed by atoms with Gasteiger partial charge in [-0.2, -0.15) is 0 Å². The molecule has 17 heavy (non-hydrogen) atoms. The highest BCUT2D eigenvalue weighted by Gasteiger charge is 2.28. The van der Waals surface area contributed by atoms with Crippen LogP contribution in [0.3, 0.4) is 0 Å². The van der Waals surface area contributed by atoms with Gasteiger partial charge in [0.25, 0.3) is 0 Å². The average molecular weight is 243 g/mol. The number of aliphatic carboxylic acids is 1. The molecule has 0 aromatic carbocycles. The number of carbonyl (C=O) groups excluding carboxylic acids is 1. The summed E-state index contributed by atoms with van der Waals surface area (Å²) in [5, 5.41) is 11.4. The second kappa shape index (κ2) is 6.03. The van der Waals surface area contributed by atoms with Crippen LogP contribution in [0.25, 0.3) is 0 Å². The Morgan fingerprint density at radius 3 is 2.06 bits per heavy atom. The van der Waals surface area contributed by atoms with E-state index in [4.69, 9.17) is 5.11 Å². The molecular weight excluding hydrogens is 218 g/mol. The van der Waals surface area contributed by atoms with Gasteiger partial charge in [-0.3, -0.25) is 9.59 Å². The largest absolute Gasteiger partial charge is 0.481 e. The zero-order valence-corrected chi connectivity index (χ0v) is 11.6. The normalized spacial score (nSPS) is 12.3. The van der Waals surface area contributed by atoms with Gasteiger partial charge in [0.1, 0.15) is 0 Å². The van der Waals surface area contributed by atoms with Gasteiger partial charge < -0.3 is 10.4 Å². The van der Waals surface area contributed by atoms with Gasteiger partial charge in [0, 0.05) is 12.0 Å². The molecule has 0 aromatic heterocycles. The fourth-order valence-corrected chi connectivity index (χ4v) is 2.03. The maximum atomic E-state index is 11.6. The molecule has 4 heteroatoms. The second-order valence-corrected chi connectivity index (χ2v) is 6.02. The molecule has 1 amide bonds. The Morgan fingerprint density at radius 1 is 1.12 bits per heavy atom. The van der Waals surface area contributed by atoms with Crippen LogP contribution < -0.4 is 5.32 Å². The van der Waals surface area contributed by atoms with E-state index in [1.807, 2.05) is 13.8 Å². The van der Waals surface area contributed by atoms with E-state index < -0.39 is 5.97 Å². The van der Waals surface area contributed by atoms with E-state index in [-0.39, 0.29) is 29.7 Å². The number of carbonyl (C=O) groups is 2. The Hall–Kier alpha value is -1.06. The van der Waals surface area contributed by atoms with Crippen molar-refractivity contribution in [3.05, 3.63) is 0 Å². The van der Waals surface area contributed by atoms with Gasteiger partial charge in [0.2, 0.25) is 5.91 Å². The van der Waals surface area contributed by atoms with E-state index in [1.54, 1.807) is 0 Å². The maximum absolute atomic E-state index is 11.6. The van der Waals surface area contributed by atoms with Crippen molar-refractivity contribution in [2.75, 3.05) is 0 Å². The van der Waals surface area contributed by atoms with Crippen LogP contribution in [0, 0.1) is 5.41 Å². The number of nitrogens with one attached hydrogen (secondary N) is 1. The van der Waals surface area contributed by atoms with E-state index >= 15 is 0 Å². The zero-order valence-electron chi connectivity index (χ0n) is 11.6. The van der Waals surface area contributed by atoms with E-state index in [0.717, 1.165) is 12.8 Å². The van der Waals surface area contributed by atoms with Crippen LogP contribution >= 0.6 is 0 Å². The van der Waals surface area contributed by atoms with Gasteiger partial charge in [-0.05, 0) is 25.7 Å². The quantitative estimate of drug-likeness (QED) is 0.722. The SMILES string of the molecule is CCC(C)(C)CC(C)(C)NC(=O)CCC(=O)O. The highest BCUT2D eigenvalue weighted by molar-refractivity contribution is 5.81. The number of amides is 1. The standard InChI is InChI=1S/C13H25NO3/c1-6-12(2,3)9-13(4,5)14-10(15)7-8-11(16)17/h6-9H2,1-5H3,(H,14,15)(H,16,17). The smallest absolute Gasteiger partial charge is 0.303 e. The number of rotatable bonds is 7. The van der Waals surface area contributed by atoms with Gasteiger partial charge in [0.15, 0.2) is 0 Å². The van der Waals surface area contributed by atoms with Crippen LogP contribution in [0.5, 0.6) is 0 Å². The lowest BCUT2D eigenvalue weighted by Gasteiger charge is -2.35. The summed E-state index contributed by atoms with van der Waals surface area (Å²) < 4.78 is 0. The van der Waals surface area contributed by atoms with Crippen LogP contribution in [-0.4, -0.2) is 22.5 Å². The number of hydrogen-bond donors (Lipinski definition) is 2. The Labute approximate surface area is 104 Å². The minimum Gasteiger partial charge on any atom is -0.481 e. The summed E-state index contributed by atoms with van der Waals surface area (Å²) >= 11 is 0. The van der Waals surface area contributed by atoms with Crippen LogP contribution in [0.4, 0.5) is 0 Å². The van der Waals surface area contributed by atoms with Crippen LogP contribution in [0.1, 0.15) is 60.3 Å². The first-order chi connectivity index (χ1) is 7.58. The highest BCUT2D eigenvalue weighted by Crippen LogP contribution is 2.30. The van der Waals surface area contributed by atoms with Crippen LogP contribution in [0.15, 0.2) is 0 Å². The fourth-order valence-electron chi connectivity index (χ4n) is 2.03. The molecule has 0 aliphatic rings. The van der Waals surface area contributed by atoms with Crippen LogP contribution in [-0.2, 0) is 9.59 Å². The first-order valence-corrected chi connectivity index (χ1v) is 6.11. The number of carboxylic acids is 1. The molecule has 0 aromatic rings. The van der Waals surface area contributed by atoms with Gasteiger partial charge in [0.05, 0.1) is 6.42 Å². The summed E-state index contributed by atoms with van der Waals surface area (Å²) in [5.74, 6) is -1.13. The molecular formula is C13H25NO3. The van der Waals surface area contributed by atoms with Gasteiger partial charge >= 0.3 is 5.97 Å². The summed E-state index contributed by atoms with van der Waals surface area (Å²) in [5.41, 5.74) is -0.126. The summed E-state index contributed by atoms with van der Waals surface area (Å²) in [6, 6.07) is 0. The molecule has 0 unspecified atom stereocenters. The van der Waals surface area contributed by atoms with E-state index in [9.17, 15) is 9.59 Å². The molecule has 0 atom stereocenters. The molecule has 0 aliphatic carbocycles. The number of carboxylic acid groups (broad SMARTS) is 1. The zero-order chi connectivity index (χ0) is 13.7. The molecule has 0 aliphatic heterocycles. The van der Waals surface area contributed by atoms with E-state index in [1.165, 1.54) is 0 Å². The predicted octanol–water partition coefficient (Wildman–Crippen LogP) is 2.57. The number of hydrogen-bond acceptors (Lipinski definition) is 2. The maximum Gasteiger partial charge on any atom is 0.303 e. The lowest BCUT2D eigenvalue weighted by molar-refractivity contribution is -0.139. The Balaban J connectivity index is 4.25. The second-order valence-electron chi connectivity index (χ2n) is 6.02. The lowest BCUT2D eigenvalue weighted by Crippen LogP contribution is -2.46. The lowest BCUT2D eigenvalue weighted by atomic mass is 9.78. The van der Waals surface area contributed by atoms with Gasteiger partial charge in [-0.15, -0.1) is 0 Å². The Morgan fingerprint density at radius 2 is 1.65 bits per heavy atom. The summed E-state index contributed by atoms with van der Waals surface area (Å²) in [6.07, 6.45) is 1.85. The minimum absolute atomic E-state index is 0.0469. The van der Waals surface area contributed by atoms with Crippen molar-refractivity contribution in [3.63, 3.8) is 0 Å². The molecule has 0 saturated carbocycles. The summed E-state index contributed by atoms with van der Waals surface area (Å²) in [4.78, 5) is 21.9. The molecule has 0 bridgehead atoms. The highest BCUT2D eigenvalue weighted by atomic mass is 16.4. The third-order valence-corrected chi connectivity index (χ3v) is 2.92. The fraction of sp³-hybridized carbons (Fsp3) is 0.846. The average Bonchev–Trinajstić information content (AvgIpc) is 2.12. The van der Waals surface area contributed by atoms with Crippen molar-refractivity contribution in [1.29, 1.82) is 0 Å². The molecule has 0 rings (SSSR count). The Bertz CT molecular complexity index is 282. The van der Waals surface area contributed by atoms with Crippen molar-refractivity contribution >= 4 is 11.9 Å². The van der Waals surface area contributed by atoms with Gasteiger partial charge in [-0.1, -0.05) is 27.2 Å². The molecule has 0 spiro atoms. The molecule has 100 valence electrons. The Kier molecular flexibility index (Phi) is 5.66. The third kappa shape index (κ3) is 7.77. The van der Waals surface area contributed by atoms with Crippen molar-refractivity contribution in [1.82, 2.24) is 5.32 Å². The van der Waals surface area contributed by atoms with E-state index in [2.05, 4.69) is 26.1 Å². The van der Waals surface area contributed by atoms with Gasteiger partial charge in [-0.25, -0.2) is 0 Å². The predicted molar refractivity (Wildman–Crippen MR) is 67.8 cm³/mol. The minimum atomic E-state index is -0.938. The van der Waals surface area contributed by atoms with Crippen molar-refractivity contribution in [3.8, 4) is 0 Å². The topological polar surface area (TPSA) is 66.4 Å². The third-order valence-electron chi connectivity index (χ3n) is 2.92. The van der Waals surface area contributed by atoms with Crippen molar-refractivity contribution in [2.45, 2.75) is 65.8 Å². The molecule has 0 fully saturated rings. The van der Waals surface area contributed by atoms with E-state index in [0.29, 0.717) is 0 Å². The monoisotopic (exact) mass is 243 g/mol. The molecule has 0 radical (unpaired) electrons. The molecule has 4 nitrogen and oxygen atoms in total. The molecule has 0 heterocycles. The van der Waals surface area contributed by atoms with Crippen molar-refractivity contribution in [2.24, 2.45) is 5.41 Å². The van der Waals surface area contributed by atoms with Crippen LogP contribution in [0.2, 0.25) is 0 Å². The van der Waals surface area contributed by atoms with Crippen molar-refractivity contribution < 1.29 is 14.7 Å². The summed E-state index contributed by atoms with van der Waals surface area (Å²) in [7, 11) is 0. The first-order valence-electron chi connectivity index (χ1n) is 6.11. The molecule has 2 N–H and O–H groups in total. The summed E-state index contributed by atoms with van der Waals surface area (Å²) in [6.45, 7) is 10.4. The first kappa shape index (κ1) is 15.9. The molecule has 0 saturated heterocycles.